The van der Waals surface area contributed by atoms with Gasteiger partial charge in [0, 0.05) is 4.90 Å². The maximum Gasteiger partial charge on any atom is 0.180 e. The number of aryl methyl sites for hydroxylation is 1. The molecule has 10 heavy (non-hydrogen) atoms. The first kappa shape index (κ1) is 7.35. The van der Waals surface area contributed by atoms with E-state index in [-0.39, 0.29) is 0 Å². The lowest BCUT2D eigenvalue weighted by molar-refractivity contribution is 0.570. The summed E-state index contributed by atoms with van der Waals surface area (Å²) in [6.45, 7) is 1.99. The summed E-state index contributed by atoms with van der Waals surface area (Å²) < 4.78 is 0. The molecule has 1 nitrogen and oxygen atoms in total. The van der Waals surface area contributed by atoms with Crippen LogP contribution in [-0.2, 0) is 4.79 Å². The Morgan fingerprint density at radius 3 is 2.70 bits per heavy atom. The Morgan fingerprint density at radius 2 is 2.10 bits per heavy atom. The number of hydrogen-bond donors (Lipinski definition) is 0. The Labute approximate surface area is 64.4 Å². The standard InChI is InChI=1S/C8H8OS/c1-7-4-2-3-5-8(7)10-6-9/h2-6H,1H3. The molecule has 1 aromatic rings. The summed E-state index contributed by atoms with van der Waals surface area (Å²) in [6, 6.07) is 7.82. The molecule has 0 atom stereocenters. The molecule has 2 heteroatoms. The topological polar surface area (TPSA) is 17.1 Å². The molecule has 0 aliphatic rings. The van der Waals surface area contributed by atoms with Crippen LogP contribution in [-0.4, -0.2) is 5.62 Å². The first-order valence-electron chi connectivity index (χ1n) is 3.00. The Kier molecular flexibility index (Phi) is 2.51. The maximum absolute atomic E-state index is 10.1. The van der Waals surface area contributed by atoms with E-state index in [1.54, 1.807) is 0 Å². The summed E-state index contributed by atoms with van der Waals surface area (Å²) in [5.74, 6) is 0. The van der Waals surface area contributed by atoms with Crippen LogP contribution in [0, 0.1) is 6.92 Å². The Hall–Kier alpha value is -0.760. The predicted octanol–water partition coefficient (Wildman–Crippen LogP) is 2.28. The van der Waals surface area contributed by atoms with Crippen molar-refractivity contribution in [3.05, 3.63) is 29.8 Å². The van der Waals surface area contributed by atoms with E-state index in [1.807, 2.05) is 31.2 Å². The molecule has 0 saturated carbocycles. The van der Waals surface area contributed by atoms with Crippen molar-refractivity contribution in [3.63, 3.8) is 0 Å². The van der Waals surface area contributed by atoms with Crippen LogP contribution < -0.4 is 0 Å². The Morgan fingerprint density at radius 1 is 1.40 bits per heavy atom. The normalized spacial score (nSPS) is 9.30. The number of carbonyl (C=O) groups excluding carboxylic acids is 1. The van der Waals surface area contributed by atoms with Crippen LogP contribution in [0.2, 0.25) is 0 Å². The van der Waals surface area contributed by atoms with Crippen LogP contribution in [0.1, 0.15) is 5.56 Å². The van der Waals surface area contributed by atoms with E-state index < -0.39 is 0 Å². The van der Waals surface area contributed by atoms with Gasteiger partial charge in [0.1, 0.15) is 0 Å². The molecule has 1 rings (SSSR count). The molecule has 52 valence electrons. The van der Waals surface area contributed by atoms with Crippen molar-refractivity contribution < 1.29 is 4.79 Å². The van der Waals surface area contributed by atoms with Crippen molar-refractivity contribution in [3.8, 4) is 0 Å². The maximum atomic E-state index is 10.1. The summed E-state index contributed by atoms with van der Waals surface area (Å²) >= 11 is 1.22. The van der Waals surface area contributed by atoms with Crippen LogP contribution in [0.25, 0.3) is 0 Å². The number of carbonyl (C=O) groups is 1. The molecule has 0 radical (unpaired) electrons. The zero-order chi connectivity index (χ0) is 7.40. The van der Waals surface area contributed by atoms with Crippen LogP contribution >= 0.6 is 11.8 Å². The molecule has 0 aliphatic heterocycles. The average molecular weight is 152 g/mol. The SMILES string of the molecule is Cc1ccccc1SC=O. The van der Waals surface area contributed by atoms with Crippen molar-refractivity contribution in [2.45, 2.75) is 11.8 Å². The second-order valence-corrected chi connectivity index (χ2v) is 2.85. The fourth-order valence-electron chi connectivity index (χ4n) is 0.740. The molecule has 0 bridgehead atoms. The monoisotopic (exact) mass is 152 g/mol. The summed E-state index contributed by atoms with van der Waals surface area (Å²) in [4.78, 5) is 11.1. The van der Waals surface area contributed by atoms with E-state index in [0.717, 1.165) is 16.1 Å². The third-order valence-electron chi connectivity index (χ3n) is 1.27. The zero-order valence-corrected chi connectivity index (χ0v) is 6.52. The summed E-state index contributed by atoms with van der Waals surface area (Å²) in [6.07, 6.45) is 0. The van der Waals surface area contributed by atoms with Crippen molar-refractivity contribution in [2.24, 2.45) is 0 Å². The molecule has 0 aromatic heterocycles. The van der Waals surface area contributed by atoms with Crippen LogP contribution in [0.5, 0.6) is 0 Å². The smallest absolute Gasteiger partial charge is 0.180 e. The van der Waals surface area contributed by atoms with E-state index in [4.69, 9.17) is 0 Å². The molecule has 0 amide bonds. The van der Waals surface area contributed by atoms with Gasteiger partial charge in [0.2, 0.25) is 0 Å². The van der Waals surface area contributed by atoms with Crippen molar-refractivity contribution >= 4 is 17.4 Å². The van der Waals surface area contributed by atoms with E-state index in [0.29, 0.717) is 0 Å². The fraction of sp³-hybridized carbons (Fsp3) is 0.125. The third kappa shape index (κ3) is 1.61. The quantitative estimate of drug-likeness (QED) is 0.477. The minimum Gasteiger partial charge on any atom is -0.291 e. The molecule has 0 aliphatic carbocycles. The lowest BCUT2D eigenvalue weighted by Crippen LogP contribution is -1.76. The zero-order valence-electron chi connectivity index (χ0n) is 5.70. The van der Waals surface area contributed by atoms with E-state index >= 15 is 0 Å². The van der Waals surface area contributed by atoms with Gasteiger partial charge in [0.25, 0.3) is 0 Å². The Bertz CT molecular complexity index is 232. The van der Waals surface area contributed by atoms with Crippen LogP contribution in [0.15, 0.2) is 29.2 Å². The molecule has 0 N–H and O–H groups in total. The fourth-order valence-corrected chi connectivity index (χ4v) is 1.26. The van der Waals surface area contributed by atoms with Crippen molar-refractivity contribution in [1.29, 1.82) is 0 Å². The number of benzene rings is 1. The van der Waals surface area contributed by atoms with Crippen molar-refractivity contribution in [1.82, 2.24) is 0 Å². The lowest BCUT2D eigenvalue weighted by Gasteiger charge is -1.97. The minimum absolute atomic E-state index is 0.850. The summed E-state index contributed by atoms with van der Waals surface area (Å²) in [5, 5.41) is 0. The van der Waals surface area contributed by atoms with Crippen LogP contribution in [0.3, 0.4) is 0 Å². The Balaban J connectivity index is 2.91. The first-order valence-corrected chi connectivity index (χ1v) is 3.88. The number of rotatable bonds is 2. The molecule has 0 unspecified atom stereocenters. The van der Waals surface area contributed by atoms with Gasteiger partial charge in [-0.1, -0.05) is 30.0 Å². The van der Waals surface area contributed by atoms with Gasteiger partial charge in [-0.25, -0.2) is 0 Å². The van der Waals surface area contributed by atoms with Crippen molar-refractivity contribution in [2.75, 3.05) is 0 Å². The third-order valence-corrected chi connectivity index (χ3v) is 2.08. The highest BCUT2D eigenvalue weighted by Crippen LogP contribution is 2.18. The van der Waals surface area contributed by atoms with Gasteiger partial charge in [-0.3, -0.25) is 4.79 Å². The molecule has 0 fully saturated rings. The van der Waals surface area contributed by atoms with Gasteiger partial charge in [0.05, 0.1) is 0 Å². The van der Waals surface area contributed by atoms with Gasteiger partial charge in [0.15, 0.2) is 5.62 Å². The largest absolute Gasteiger partial charge is 0.291 e. The average Bonchev–Trinajstić information content (AvgIpc) is 1.94. The minimum atomic E-state index is 0.850. The number of thioether (sulfide) groups is 1. The highest BCUT2D eigenvalue weighted by molar-refractivity contribution is 8.11. The highest BCUT2D eigenvalue weighted by Gasteiger charge is 1.93. The van der Waals surface area contributed by atoms with Gasteiger partial charge in [-0.05, 0) is 18.6 Å². The predicted molar refractivity (Wildman–Crippen MR) is 43.8 cm³/mol. The number of hydrogen-bond acceptors (Lipinski definition) is 2. The molecular weight excluding hydrogens is 144 g/mol. The van der Waals surface area contributed by atoms with E-state index in [2.05, 4.69) is 0 Å². The molecule has 1 aromatic carbocycles. The molecular formula is C8H8OS. The van der Waals surface area contributed by atoms with Gasteiger partial charge in [-0.15, -0.1) is 0 Å². The van der Waals surface area contributed by atoms with Gasteiger partial charge >= 0.3 is 0 Å². The highest BCUT2D eigenvalue weighted by atomic mass is 32.2. The van der Waals surface area contributed by atoms with Crippen LogP contribution in [0.4, 0.5) is 0 Å². The second-order valence-electron chi connectivity index (χ2n) is 1.98. The molecule has 0 spiro atoms. The van der Waals surface area contributed by atoms with Gasteiger partial charge < -0.3 is 0 Å². The molecule has 0 heterocycles. The summed E-state index contributed by atoms with van der Waals surface area (Å²) in [5.41, 5.74) is 2.00. The van der Waals surface area contributed by atoms with E-state index in [9.17, 15) is 4.79 Å². The lowest BCUT2D eigenvalue weighted by atomic mass is 10.2. The van der Waals surface area contributed by atoms with Gasteiger partial charge in [-0.2, -0.15) is 0 Å². The van der Waals surface area contributed by atoms with E-state index in [1.165, 1.54) is 11.8 Å². The first-order chi connectivity index (χ1) is 4.84. The second kappa shape index (κ2) is 3.42. The summed E-state index contributed by atoms with van der Waals surface area (Å²) in [7, 11) is 0. The molecule has 0 saturated heterocycles.